The number of carboxylic acids is 1. The summed E-state index contributed by atoms with van der Waals surface area (Å²) in [5, 5.41) is 14.0. The molecule has 1 amide bonds. The lowest BCUT2D eigenvalue weighted by Gasteiger charge is -2.28. The van der Waals surface area contributed by atoms with E-state index in [1.165, 1.54) is 18.2 Å². The third kappa shape index (κ3) is 2.33. The van der Waals surface area contributed by atoms with Crippen molar-refractivity contribution in [3.05, 3.63) is 41.7 Å². The SMILES string of the molecule is Cc1cc(F)ccc1NC(=O)[C@@H]1[C@@H](C(=O)[O-])[C@H]2C=C[C@@H]1C2. The highest BCUT2D eigenvalue weighted by molar-refractivity contribution is 5.96. The molecule has 0 aromatic heterocycles. The molecule has 4 nitrogen and oxygen atoms in total. The lowest BCUT2D eigenvalue weighted by Crippen LogP contribution is -2.42. The summed E-state index contributed by atoms with van der Waals surface area (Å²) in [7, 11) is 0. The molecule has 5 heteroatoms. The second kappa shape index (κ2) is 4.98. The smallest absolute Gasteiger partial charge is 0.228 e. The zero-order valence-corrected chi connectivity index (χ0v) is 11.5. The number of fused-ring (bicyclic) bond motifs is 2. The quantitative estimate of drug-likeness (QED) is 0.851. The van der Waals surface area contributed by atoms with Crippen LogP contribution < -0.4 is 10.4 Å². The van der Waals surface area contributed by atoms with E-state index >= 15 is 0 Å². The van der Waals surface area contributed by atoms with Gasteiger partial charge in [0, 0.05) is 17.6 Å². The largest absolute Gasteiger partial charge is 0.550 e. The molecule has 0 unspecified atom stereocenters. The Morgan fingerprint density at radius 2 is 1.90 bits per heavy atom. The summed E-state index contributed by atoms with van der Waals surface area (Å²) in [6, 6.07) is 4.08. The first-order valence-electron chi connectivity index (χ1n) is 6.93. The van der Waals surface area contributed by atoms with Gasteiger partial charge in [-0.05, 0) is 48.9 Å². The molecule has 1 aromatic rings. The fraction of sp³-hybridized carbons (Fsp3) is 0.375. The van der Waals surface area contributed by atoms with Crippen LogP contribution in [-0.4, -0.2) is 11.9 Å². The van der Waals surface area contributed by atoms with Gasteiger partial charge >= 0.3 is 0 Å². The van der Waals surface area contributed by atoms with E-state index in [0.717, 1.165) is 0 Å². The maximum Gasteiger partial charge on any atom is 0.228 e. The van der Waals surface area contributed by atoms with Crippen LogP contribution in [0.15, 0.2) is 30.4 Å². The van der Waals surface area contributed by atoms with Crippen molar-refractivity contribution in [1.82, 2.24) is 0 Å². The standard InChI is InChI=1S/C16H16FNO3/c1-8-6-11(17)4-5-12(8)18-15(19)13-9-2-3-10(7-9)14(13)16(20)21/h2-6,9-10,13-14H,7H2,1H3,(H,18,19)(H,20,21)/p-1/t9-,10+,13+,14+/m1/s1. The van der Waals surface area contributed by atoms with Crippen molar-refractivity contribution >= 4 is 17.6 Å². The van der Waals surface area contributed by atoms with Crippen LogP contribution in [0.3, 0.4) is 0 Å². The van der Waals surface area contributed by atoms with Gasteiger partial charge in [-0.25, -0.2) is 4.39 Å². The molecule has 2 aliphatic carbocycles. The van der Waals surface area contributed by atoms with Gasteiger partial charge in [-0.1, -0.05) is 12.2 Å². The summed E-state index contributed by atoms with van der Waals surface area (Å²) in [5.74, 6) is -3.46. The number of halogens is 1. The third-order valence-corrected chi connectivity index (χ3v) is 4.48. The van der Waals surface area contributed by atoms with E-state index in [1.54, 1.807) is 6.92 Å². The summed E-state index contributed by atoms with van der Waals surface area (Å²) in [6.07, 6.45) is 4.45. The number of benzene rings is 1. The van der Waals surface area contributed by atoms with E-state index in [1.807, 2.05) is 12.2 Å². The van der Waals surface area contributed by atoms with Crippen LogP contribution in [0.2, 0.25) is 0 Å². The number of anilines is 1. The number of carbonyl (C=O) groups excluding carboxylic acids is 2. The Morgan fingerprint density at radius 1 is 1.24 bits per heavy atom. The first-order chi connectivity index (χ1) is 9.97. The maximum atomic E-state index is 13.1. The Labute approximate surface area is 121 Å². The molecular formula is C16H15FNO3-. The number of carboxylic acid groups (broad SMARTS) is 1. The molecule has 0 aliphatic heterocycles. The van der Waals surface area contributed by atoms with Crippen LogP contribution in [0.4, 0.5) is 10.1 Å². The predicted molar refractivity (Wildman–Crippen MR) is 72.5 cm³/mol. The second-order valence-corrected chi connectivity index (χ2v) is 5.77. The number of aryl methyl sites for hydroxylation is 1. The Morgan fingerprint density at radius 3 is 2.52 bits per heavy atom. The van der Waals surface area contributed by atoms with Crippen LogP contribution in [0.25, 0.3) is 0 Å². The van der Waals surface area contributed by atoms with Crippen LogP contribution in [0.1, 0.15) is 12.0 Å². The number of amides is 1. The third-order valence-electron chi connectivity index (χ3n) is 4.48. The topological polar surface area (TPSA) is 69.2 Å². The monoisotopic (exact) mass is 288 g/mol. The Bertz CT molecular complexity index is 640. The average molecular weight is 288 g/mol. The number of aliphatic carboxylic acids is 1. The molecule has 4 atom stereocenters. The first-order valence-corrected chi connectivity index (χ1v) is 6.93. The summed E-state index contributed by atoms with van der Waals surface area (Å²) in [5.41, 5.74) is 1.11. The minimum Gasteiger partial charge on any atom is -0.550 e. The van der Waals surface area contributed by atoms with Crippen molar-refractivity contribution in [3.63, 3.8) is 0 Å². The Hall–Kier alpha value is -2.17. The van der Waals surface area contributed by atoms with Crippen LogP contribution >= 0.6 is 0 Å². The van der Waals surface area contributed by atoms with E-state index in [2.05, 4.69) is 5.32 Å². The summed E-state index contributed by atoms with van der Waals surface area (Å²) in [6.45, 7) is 1.69. The van der Waals surface area contributed by atoms with Gasteiger partial charge in [0.25, 0.3) is 0 Å². The molecule has 2 aliphatic rings. The van der Waals surface area contributed by atoms with Crippen molar-refractivity contribution in [3.8, 4) is 0 Å². The van der Waals surface area contributed by atoms with Crippen molar-refractivity contribution in [1.29, 1.82) is 0 Å². The fourth-order valence-corrected chi connectivity index (χ4v) is 3.48. The molecule has 0 heterocycles. The normalized spacial score (nSPS) is 29.6. The Balaban J connectivity index is 1.82. The maximum absolute atomic E-state index is 13.1. The minimum atomic E-state index is -1.18. The van der Waals surface area contributed by atoms with Crippen molar-refractivity contribution < 1.29 is 19.1 Å². The van der Waals surface area contributed by atoms with E-state index in [9.17, 15) is 19.1 Å². The molecule has 0 radical (unpaired) electrons. The predicted octanol–water partition coefficient (Wildman–Crippen LogP) is 1.26. The molecule has 0 spiro atoms. The number of hydrogen-bond acceptors (Lipinski definition) is 3. The zero-order valence-electron chi connectivity index (χ0n) is 11.5. The van der Waals surface area contributed by atoms with Crippen LogP contribution in [-0.2, 0) is 9.59 Å². The zero-order chi connectivity index (χ0) is 15.1. The number of carbonyl (C=O) groups is 2. The first kappa shape index (κ1) is 13.8. The van der Waals surface area contributed by atoms with E-state index in [-0.39, 0.29) is 23.6 Å². The van der Waals surface area contributed by atoms with Crippen LogP contribution in [0.5, 0.6) is 0 Å². The molecule has 1 fully saturated rings. The molecule has 3 rings (SSSR count). The van der Waals surface area contributed by atoms with Crippen molar-refractivity contribution in [2.75, 3.05) is 5.32 Å². The van der Waals surface area contributed by atoms with Crippen molar-refractivity contribution in [2.45, 2.75) is 13.3 Å². The molecule has 1 saturated carbocycles. The molecule has 110 valence electrons. The summed E-state index contributed by atoms with van der Waals surface area (Å²) >= 11 is 0. The summed E-state index contributed by atoms with van der Waals surface area (Å²) in [4.78, 5) is 23.7. The second-order valence-electron chi connectivity index (χ2n) is 5.77. The van der Waals surface area contributed by atoms with Gasteiger partial charge in [0.1, 0.15) is 5.82 Å². The minimum absolute atomic E-state index is 0.0568. The number of hydrogen-bond donors (Lipinski definition) is 1. The van der Waals surface area contributed by atoms with Crippen LogP contribution in [0, 0.1) is 36.4 Å². The van der Waals surface area contributed by atoms with Crippen molar-refractivity contribution in [2.24, 2.45) is 23.7 Å². The van der Waals surface area contributed by atoms with Gasteiger partial charge in [0.15, 0.2) is 0 Å². The highest BCUT2D eigenvalue weighted by atomic mass is 19.1. The van der Waals surface area contributed by atoms with Gasteiger partial charge in [-0.2, -0.15) is 0 Å². The number of nitrogens with one attached hydrogen (secondary N) is 1. The number of rotatable bonds is 3. The molecule has 0 saturated heterocycles. The molecule has 1 aromatic carbocycles. The Kier molecular flexibility index (Phi) is 3.27. The van der Waals surface area contributed by atoms with Gasteiger partial charge < -0.3 is 15.2 Å². The highest BCUT2D eigenvalue weighted by Crippen LogP contribution is 2.48. The van der Waals surface area contributed by atoms with E-state index < -0.39 is 17.8 Å². The molecule has 1 N–H and O–H groups in total. The van der Waals surface area contributed by atoms with Gasteiger partial charge in [0.2, 0.25) is 5.91 Å². The lowest BCUT2D eigenvalue weighted by molar-refractivity contribution is -0.313. The lowest BCUT2D eigenvalue weighted by atomic mass is 9.82. The van der Waals surface area contributed by atoms with E-state index in [4.69, 9.17) is 0 Å². The molecule has 21 heavy (non-hydrogen) atoms. The summed E-state index contributed by atoms with van der Waals surface area (Å²) < 4.78 is 13.1. The highest BCUT2D eigenvalue weighted by Gasteiger charge is 2.48. The van der Waals surface area contributed by atoms with E-state index in [0.29, 0.717) is 17.7 Å². The number of allylic oxidation sites excluding steroid dienone is 2. The van der Waals surface area contributed by atoms with Gasteiger partial charge in [-0.3, -0.25) is 4.79 Å². The van der Waals surface area contributed by atoms with Gasteiger partial charge in [-0.15, -0.1) is 0 Å². The molecular weight excluding hydrogens is 273 g/mol. The molecule has 2 bridgehead atoms. The fourth-order valence-electron chi connectivity index (χ4n) is 3.48. The average Bonchev–Trinajstić information content (AvgIpc) is 3.02. The van der Waals surface area contributed by atoms with Gasteiger partial charge in [0.05, 0.1) is 5.92 Å².